The molecule has 3 aromatic rings. The van der Waals surface area contributed by atoms with Gasteiger partial charge in [-0.2, -0.15) is 4.31 Å². The van der Waals surface area contributed by atoms with Crippen LogP contribution in [0.4, 0.5) is 0 Å². The van der Waals surface area contributed by atoms with Crippen LogP contribution in [-0.4, -0.2) is 38.3 Å². The molecule has 0 unspecified atom stereocenters. The van der Waals surface area contributed by atoms with Crippen molar-refractivity contribution in [2.75, 3.05) is 19.6 Å². The van der Waals surface area contributed by atoms with Gasteiger partial charge in [-0.05, 0) is 67.5 Å². The van der Waals surface area contributed by atoms with Crippen LogP contribution in [0.1, 0.15) is 35.1 Å². The van der Waals surface area contributed by atoms with E-state index in [1.165, 1.54) is 20.6 Å². The van der Waals surface area contributed by atoms with E-state index < -0.39 is 10.0 Å². The van der Waals surface area contributed by atoms with Gasteiger partial charge in [0.05, 0.1) is 4.90 Å². The van der Waals surface area contributed by atoms with E-state index in [0.29, 0.717) is 37.4 Å². The van der Waals surface area contributed by atoms with Gasteiger partial charge < -0.3 is 5.32 Å². The molecule has 0 saturated carbocycles. The molecule has 1 N–H and O–H groups in total. The van der Waals surface area contributed by atoms with E-state index >= 15 is 0 Å². The van der Waals surface area contributed by atoms with Crippen LogP contribution in [0.5, 0.6) is 0 Å². The third-order valence-electron chi connectivity index (χ3n) is 6.60. The fraction of sp³-hybridized carbons (Fsp3) is 0.370. The van der Waals surface area contributed by atoms with Gasteiger partial charge in [0.1, 0.15) is 0 Å². The van der Waals surface area contributed by atoms with E-state index in [1.807, 2.05) is 51.1 Å². The lowest BCUT2D eigenvalue weighted by molar-refractivity contribution is -0.126. The largest absolute Gasteiger partial charge is 0.356 e. The molecular formula is C27H32N2O3S. The maximum absolute atomic E-state index is 13.3. The molecule has 1 aliphatic rings. The second-order valence-corrected chi connectivity index (χ2v) is 11.0. The number of benzene rings is 3. The summed E-state index contributed by atoms with van der Waals surface area (Å²) in [5.74, 6) is -0.126. The monoisotopic (exact) mass is 464 g/mol. The zero-order valence-electron chi connectivity index (χ0n) is 19.6. The molecule has 0 bridgehead atoms. The molecule has 1 heterocycles. The maximum atomic E-state index is 13.3. The molecule has 1 saturated heterocycles. The minimum Gasteiger partial charge on any atom is -0.356 e. The van der Waals surface area contributed by atoms with E-state index in [0.717, 1.165) is 23.1 Å². The van der Waals surface area contributed by atoms with E-state index in [4.69, 9.17) is 0 Å². The van der Waals surface area contributed by atoms with Gasteiger partial charge in [-0.25, -0.2) is 8.42 Å². The van der Waals surface area contributed by atoms with Gasteiger partial charge in [0.2, 0.25) is 15.9 Å². The third kappa shape index (κ3) is 4.97. The van der Waals surface area contributed by atoms with Gasteiger partial charge in [-0.3, -0.25) is 4.79 Å². The van der Waals surface area contributed by atoms with Crippen LogP contribution in [0.25, 0.3) is 10.8 Å². The third-order valence-corrected chi connectivity index (χ3v) is 8.81. The number of fused-ring (bicyclic) bond motifs is 1. The van der Waals surface area contributed by atoms with E-state index in [-0.39, 0.29) is 11.8 Å². The highest BCUT2D eigenvalue weighted by atomic mass is 32.2. The van der Waals surface area contributed by atoms with Crippen molar-refractivity contribution >= 4 is 26.7 Å². The van der Waals surface area contributed by atoms with Gasteiger partial charge in [0.15, 0.2) is 0 Å². The molecule has 5 nitrogen and oxygen atoms in total. The predicted molar refractivity (Wildman–Crippen MR) is 133 cm³/mol. The molecule has 4 rings (SSSR count). The Hall–Kier alpha value is -2.70. The first-order chi connectivity index (χ1) is 15.8. The average Bonchev–Trinajstić information content (AvgIpc) is 2.78. The number of carbonyl (C=O) groups excluding carboxylic acids is 1. The number of hydrogen-bond acceptors (Lipinski definition) is 3. The van der Waals surface area contributed by atoms with Crippen LogP contribution in [0, 0.1) is 26.7 Å². The van der Waals surface area contributed by atoms with Crippen molar-refractivity contribution in [2.45, 2.75) is 44.9 Å². The Morgan fingerprint density at radius 3 is 2.30 bits per heavy atom. The molecule has 33 heavy (non-hydrogen) atoms. The lowest BCUT2D eigenvalue weighted by atomic mass is 9.97. The highest BCUT2D eigenvalue weighted by Crippen LogP contribution is 2.29. The summed E-state index contributed by atoms with van der Waals surface area (Å²) in [6, 6.07) is 18.3. The molecule has 0 spiro atoms. The Balaban J connectivity index is 1.34. The first-order valence-electron chi connectivity index (χ1n) is 11.6. The summed E-state index contributed by atoms with van der Waals surface area (Å²) in [6.07, 6.45) is 1.86. The second-order valence-electron chi connectivity index (χ2n) is 9.09. The van der Waals surface area contributed by atoms with Crippen LogP contribution in [0.2, 0.25) is 0 Å². The Bertz CT molecular complexity index is 1250. The Morgan fingerprint density at radius 1 is 0.970 bits per heavy atom. The molecule has 1 amide bonds. The van der Waals surface area contributed by atoms with Crippen LogP contribution in [0.3, 0.4) is 0 Å². The van der Waals surface area contributed by atoms with Gasteiger partial charge in [0.25, 0.3) is 0 Å². The number of aryl methyl sites for hydroxylation is 3. The Labute approximate surface area is 196 Å². The topological polar surface area (TPSA) is 66.5 Å². The van der Waals surface area contributed by atoms with Crippen molar-refractivity contribution in [3.8, 4) is 0 Å². The SMILES string of the molecule is Cc1cc(C)c(S(=O)(=O)N2CCC(C(=O)NCCc3cccc4ccccc34)CC2)c(C)c1. The maximum Gasteiger partial charge on any atom is 0.243 e. The summed E-state index contributed by atoms with van der Waals surface area (Å²) in [6.45, 7) is 6.99. The van der Waals surface area contributed by atoms with Crippen LogP contribution >= 0.6 is 0 Å². The fourth-order valence-corrected chi connectivity index (χ4v) is 6.92. The van der Waals surface area contributed by atoms with Crippen molar-refractivity contribution in [3.05, 3.63) is 76.9 Å². The van der Waals surface area contributed by atoms with Crippen LogP contribution in [0.15, 0.2) is 59.5 Å². The van der Waals surface area contributed by atoms with Gasteiger partial charge in [-0.15, -0.1) is 0 Å². The Kier molecular flexibility index (Phi) is 6.86. The van der Waals surface area contributed by atoms with Crippen LogP contribution < -0.4 is 5.32 Å². The van der Waals surface area contributed by atoms with Crippen molar-refractivity contribution in [1.82, 2.24) is 9.62 Å². The van der Waals surface area contributed by atoms with Gasteiger partial charge in [0, 0.05) is 25.6 Å². The molecule has 3 aromatic carbocycles. The number of amides is 1. The van der Waals surface area contributed by atoms with Crippen molar-refractivity contribution < 1.29 is 13.2 Å². The zero-order valence-corrected chi connectivity index (χ0v) is 20.4. The normalized spacial score (nSPS) is 15.6. The first kappa shape index (κ1) is 23.5. The summed E-state index contributed by atoms with van der Waals surface area (Å²) >= 11 is 0. The molecule has 1 fully saturated rings. The summed E-state index contributed by atoms with van der Waals surface area (Å²) in [7, 11) is -3.56. The summed E-state index contributed by atoms with van der Waals surface area (Å²) < 4.78 is 28.1. The molecule has 0 aliphatic carbocycles. The quantitative estimate of drug-likeness (QED) is 0.583. The second kappa shape index (κ2) is 9.65. The first-order valence-corrected chi connectivity index (χ1v) is 13.0. The highest BCUT2D eigenvalue weighted by molar-refractivity contribution is 7.89. The lowest BCUT2D eigenvalue weighted by Crippen LogP contribution is -2.43. The number of sulfonamides is 1. The lowest BCUT2D eigenvalue weighted by Gasteiger charge is -2.31. The zero-order chi connectivity index (χ0) is 23.6. The smallest absolute Gasteiger partial charge is 0.243 e. The minimum atomic E-state index is -3.56. The van der Waals surface area contributed by atoms with Gasteiger partial charge >= 0.3 is 0 Å². The van der Waals surface area contributed by atoms with Crippen molar-refractivity contribution in [3.63, 3.8) is 0 Å². The molecular weight excluding hydrogens is 432 g/mol. The predicted octanol–water partition coefficient (Wildman–Crippen LogP) is 4.52. The van der Waals surface area contributed by atoms with E-state index in [9.17, 15) is 13.2 Å². The number of nitrogens with zero attached hydrogens (tertiary/aromatic N) is 1. The summed E-state index contributed by atoms with van der Waals surface area (Å²) in [5, 5.41) is 5.49. The average molecular weight is 465 g/mol. The minimum absolute atomic E-state index is 0.0231. The number of piperidine rings is 1. The van der Waals surface area contributed by atoms with Crippen LogP contribution in [-0.2, 0) is 21.2 Å². The molecule has 0 aromatic heterocycles. The molecule has 6 heteroatoms. The molecule has 1 aliphatic heterocycles. The number of hydrogen-bond donors (Lipinski definition) is 1. The standard InChI is InChI=1S/C27H32N2O3S/c1-19-17-20(2)26(21(3)18-19)33(31,32)29-15-12-24(13-16-29)27(30)28-14-11-23-9-6-8-22-7-4-5-10-25(22)23/h4-10,17-18,24H,11-16H2,1-3H3,(H,28,30). The number of carbonyl (C=O) groups is 1. The van der Waals surface area contributed by atoms with Crippen molar-refractivity contribution in [1.29, 1.82) is 0 Å². The van der Waals surface area contributed by atoms with Gasteiger partial charge in [-0.1, -0.05) is 60.2 Å². The molecule has 0 radical (unpaired) electrons. The number of rotatable bonds is 6. The van der Waals surface area contributed by atoms with Crippen molar-refractivity contribution in [2.24, 2.45) is 5.92 Å². The fourth-order valence-electron chi connectivity index (χ4n) is 5.04. The highest BCUT2D eigenvalue weighted by Gasteiger charge is 2.33. The van der Waals surface area contributed by atoms with E-state index in [1.54, 1.807) is 0 Å². The Morgan fingerprint density at radius 2 is 1.61 bits per heavy atom. The summed E-state index contributed by atoms with van der Waals surface area (Å²) in [4.78, 5) is 13.2. The van der Waals surface area contributed by atoms with E-state index in [2.05, 4.69) is 29.6 Å². The number of nitrogens with one attached hydrogen (secondary N) is 1. The molecule has 174 valence electrons. The summed E-state index contributed by atoms with van der Waals surface area (Å²) in [5.41, 5.74) is 3.84. The molecule has 0 atom stereocenters.